The second kappa shape index (κ2) is 7.81. The first-order chi connectivity index (χ1) is 13.2. The second-order valence-corrected chi connectivity index (χ2v) is 6.47. The zero-order chi connectivity index (χ0) is 20.3. The van der Waals surface area contributed by atoms with E-state index in [1.807, 2.05) is 19.0 Å². The summed E-state index contributed by atoms with van der Waals surface area (Å²) < 4.78 is 37.9. The number of amides is 1. The Morgan fingerprint density at radius 3 is 2.43 bits per heavy atom. The molecular weight excluding hydrogens is 371 g/mol. The number of halogens is 3. The molecule has 2 aromatic heterocycles. The predicted molar refractivity (Wildman–Crippen MR) is 98.6 cm³/mol. The van der Waals surface area contributed by atoms with Crippen LogP contribution in [0.25, 0.3) is 11.3 Å². The first-order valence-corrected chi connectivity index (χ1v) is 8.36. The molecule has 1 aromatic carbocycles. The Balaban J connectivity index is 1.68. The summed E-state index contributed by atoms with van der Waals surface area (Å²) in [6, 6.07) is 9.67. The number of alkyl halides is 3. The number of nitrogens with one attached hydrogen (secondary N) is 2. The minimum atomic E-state index is -4.39. The number of pyridine rings is 1. The minimum Gasteiger partial charge on any atom is -0.305 e. The molecule has 0 aliphatic carbocycles. The standard InChI is InChI=1S/C19H18F3N5O/c1-27(2)11-15-8-5-13(10-23-15)18(28)24-17-9-16(25-26-17)12-3-6-14(7-4-12)19(20,21)22/h3-10H,11H2,1-2H3,(H2,24,25,26,28). The Kier molecular flexibility index (Phi) is 5.46. The quantitative estimate of drug-likeness (QED) is 0.696. The Morgan fingerprint density at radius 1 is 1.14 bits per heavy atom. The van der Waals surface area contributed by atoms with Gasteiger partial charge in [-0.15, -0.1) is 0 Å². The zero-order valence-electron chi connectivity index (χ0n) is 15.2. The van der Waals surface area contributed by atoms with E-state index in [2.05, 4.69) is 20.5 Å². The smallest absolute Gasteiger partial charge is 0.305 e. The summed E-state index contributed by atoms with van der Waals surface area (Å²) in [5.74, 6) is -0.119. The summed E-state index contributed by atoms with van der Waals surface area (Å²) in [5.41, 5.74) is 1.50. The van der Waals surface area contributed by atoms with Crippen molar-refractivity contribution in [1.29, 1.82) is 0 Å². The van der Waals surface area contributed by atoms with Gasteiger partial charge in [0.05, 0.1) is 22.5 Å². The molecule has 9 heteroatoms. The Morgan fingerprint density at radius 2 is 1.86 bits per heavy atom. The topological polar surface area (TPSA) is 73.9 Å². The van der Waals surface area contributed by atoms with Gasteiger partial charge < -0.3 is 10.2 Å². The summed E-state index contributed by atoms with van der Waals surface area (Å²) >= 11 is 0. The molecule has 2 N–H and O–H groups in total. The fraction of sp³-hybridized carbons (Fsp3) is 0.211. The van der Waals surface area contributed by atoms with Gasteiger partial charge in [0.15, 0.2) is 5.82 Å². The number of H-pyrrole nitrogens is 1. The van der Waals surface area contributed by atoms with Crippen molar-refractivity contribution in [2.45, 2.75) is 12.7 Å². The predicted octanol–water partition coefficient (Wildman–Crippen LogP) is 3.80. The molecule has 0 bridgehead atoms. The van der Waals surface area contributed by atoms with Crippen molar-refractivity contribution < 1.29 is 18.0 Å². The molecule has 0 unspecified atom stereocenters. The first-order valence-electron chi connectivity index (χ1n) is 8.36. The maximum atomic E-state index is 12.6. The van der Waals surface area contributed by atoms with Crippen LogP contribution in [0.3, 0.4) is 0 Å². The molecule has 0 aliphatic rings. The normalized spacial score (nSPS) is 11.6. The van der Waals surface area contributed by atoms with Crippen molar-refractivity contribution in [3.63, 3.8) is 0 Å². The van der Waals surface area contributed by atoms with Crippen molar-refractivity contribution in [1.82, 2.24) is 20.1 Å². The number of benzene rings is 1. The molecule has 0 saturated heterocycles. The van der Waals surface area contributed by atoms with Crippen LogP contribution in [0.4, 0.5) is 19.0 Å². The van der Waals surface area contributed by atoms with E-state index in [1.54, 1.807) is 18.2 Å². The molecule has 28 heavy (non-hydrogen) atoms. The third-order valence-electron chi connectivity index (χ3n) is 3.91. The molecule has 0 aliphatic heterocycles. The van der Waals surface area contributed by atoms with Crippen LogP contribution in [0.15, 0.2) is 48.7 Å². The monoisotopic (exact) mass is 389 g/mol. The Hall–Kier alpha value is -3.20. The Labute approximate surface area is 159 Å². The van der Waals surface area contributed by atoms with E-state index in [-0.39, 0.29) is 11.7 Å². The summed E-state index contributed by atoms with van der Waals surface area (Å²) in [4.78, 5) is 18.5. The second-order valence-electron chi connectivity index (χ2n) is 6.47. The molecule has 0 atom stereocenters. The maximum absolute atomic E-state index is 12.6. The van der Waals surface area contributed by atoms with Gasteiger partial charge in [0.25, 0.3) is 5.91 Å². The Bertz CT molecular complexity index is 947. The van der Waals surface area contributed by atoms with Gasteiger partial charge in [-0.25, -0.2) is 0 Å². The van der Waals surface area contributed by atoms with Gasteiger partial charge in [0, 0.05) is 18.8 Å². The molecule has 0 radical (unpaired) electrons. The van der Waals surface area contributed by atoms with E-state index in [0.29, 0.717) is 23.4 Å². The number of aromatic amines is 1. The number of aromatic nitrogens is 3. The third-order valence-corrected chi connectivity index (χ3v) is 3.91. The highest BCUT2D eigenvalue weighted by Gasteiger charge is 2.30. The highest BCUT2D eigenvalue weighted by atomic mass is 19.4. The van der Waals surface area contributed by atoms with Gasteiger partial charge in [0.2, 0.25) is 0 Å². The molecule has 3 rings (SSSR count). The molecule has 0 saturated carbocycles. The molecule has 0 spiro atoms. The van der Waals surface area contributed by atoms with E-state index in [9.17, 15) is 18.0 Å². The summed E-state index contributed by atoms with van der Waals surface area (Å²) in [6.45, 7) is 0.664. The van der Waals surface area contributed by atoms with Gasteiger partial charge in [-0.3, -0.25) is 14.9 Å². The zero-order valence-corrected chi connectivity index (χ0v) is 15.2. The molecule has 3 aromatic rings. The number of nitrogens with zero attached hydrogens (tertiary/aromatic N) is 3. The molecule has 6 nitrogen and oxygen atoms in total. The minimum absolute atomic E-state index is 0.261. The highest BCUT2D eigenvalue weighted by Crippen LogP contribution is 2.30. The fourth-order valence-corrected chi connectivity index (χ4v) is 2.54. The van der Waals surface area contributed by atoms with Crippen molar-refractivity contribution in [2.75, 3.05) is 19.4 Å². The SMILES string of the molecule is CN(C)Cc1ccc(C(=O)Nc2cc(-c3ccc(C(F)(F)F)cc3)[nH]n2)cn1. The molecule has 146 valence electrons. The number of anilines is 1. The van der Waals surface area contributed by atoms with Crippen molar-refractivity contribution >= 4 is 11.7 Å². The molecular formula is C19H18F3N5O. The lowest BCUT2D eigenvalue weighted by molar-refractivity contribution is -0.137. The largest absolute Gasteiger partial charge is 0.416 e. The maximum Gasteiger partial charge on any atom is 0.416 e. The summed E-state index contributed by atoms with van der Waals surface area (Å²) in [7, 11) is 3.85. The van der Waals surface area contributed by atoms with Gasteiger partial charge in [-0.2, -0.15) is 18.3 Å². The van der Waals surface area contributed by atoms with E-state index in [0.717, 1.165) is 17.8 Å². The number of hydrogen-bond acceptors (Lipinski definition) is 4. The van der Waals surface area contributed by atoms with Crippen LogP contribution in [0, 0.1) is 0 Å². The average molecular weight is 389 g/mol. The van der Waals surface area contributed by atoms with Crippen LogP contribution < -0.4 is 5.32 Å². The van der Waals surface area contributed by atoms with E-state index >= 15 is 0 Å². The number of hydrogen-bond donors (Lipinski definition) is 2. The third kappa shape index (κ3) is 4.74. The lowest BCUT2D eigenvalue weighted by atomic mass is 10.1. The van der Waals surface area contributed by atoms with Crippen molar-refractivity contribution in [3.05, 3.63) is 65.5 Å². The van der Waals surface area contributed by atoms with Crippen molar-refractivity contribution in [2.24, 2.45) is 0 Å². The van der Waals surface area contributed by atoms with Crippen LogP contribution in [0.2, 0.25) is 0 Å². The van der Waals surface area contributed by atoms with Crippen LogP contribution in [-0.2, 0) is 12.7 Å². The molecule has 0 fully saturated rings. The number of carbonyl (C=O) groups excluding carboxylic acids is 1. The van der Waals surface area contributed by atoms with Crippen LogP contribution in [0.5, 0.6) is 0 Å². The van der Waals surface area contributed by atoms with E-state index < -0.39 is 11.7 Å². The van der Waals surface area contributed by atoms with Gasteiger partial charge in [0.1, 0.15) is 0 Å². The van der Waals surface area contributed by atoms with Gasteiger partial charge in [-0.1, -0.05) is 12.1 Å². The van der Waals surface area contributed by atoms with E-state index in [4.69, 9.17) is 0 Å². The van der Waals surface area contributed by atoms with Crippen LogP contribution in [0.1, 0.15) is 21.6 Å². The summed E-state index contributed by atoms with van der Waals surface area (Å²) in [5, 5.41) is 9.31. The lowest BCUT2D eigenvalue weighted by Crippen LogP contribution is -2.14. The first kappa shape index (κ1) is 19.6. The average Bonchev–Trinajstić information content (AvgIpc) is 3.09. The van der Waals surface area contributed by atoms with Gasteiger partial charge in [-0.05, 0) is 43.9 Å². The summed E-state index contributed by atoms with van der Waals surface area (Å²) in [6.07, 6.45) is -2.90. The van der Waals surface area contributed by atoms with Crippen molar-refractivity contribution in [3.8, 4) is 11.3 Å². The van der Waals surface area contributed by atoms with Crippen LogP contribution in [-0.4, -0.2) is 40.1 Å². The number of rotatable bonds is 5. The van der Waals surface area contributed by atoms with E-state index in [1.165, 1.54) is 18.3 Å². The molecule has 1 amide bonds. The lowest BCUT2D eigenvalue weighted by Gasteiger charge is -2.08. The highest BCUT2D eigenvalue weighted by molar-refractivity contribution is 6.03. The fourth-order valence-electron chi connectivity index (χ4n) is 2.54. The molecule has 2 heterocycles. The number of carbonyl (C=O) groups is 1. The van der Waals surface area contributed by atoms with Gasteiger partial charge >= 0.3 is 6.18 Å². The van der Waals surface area contributed by atoms with Crippen LogP contribution >= 0.6 is 0 Å².